The van der Waals surface area contributed by atoms with Crippen molar-refractivity contribution in [3.8, 4) is 56.7 Å². The van der Waals surface area contributed by atoms with E-state index < -0.39 is 0 Å². The van der Waals surface area contributed by atoms with Crippen LogP contribution in [0, 0.1) is 24.3 Å². The van der Waals surface area contributed by atoms with Crippen molar-refractivity contribution < 1.29 is 86.9 Å². The minimum atomic E-state index is 0. The fourth-order valence-corrected chi connectivity index (χ4v) is 6.37. The molecule has 0 saturated carbocycles. The molecule has 0 fully saturated rings. The van der Waals surface area contributed by atoms with E-state index in [0.717, 1.165) is 45.5 Å². The van der Waals surface area contributed by atoms with Gasteiger partial charge in [0.1, 0.15) is 12.0 Å². The molecule has 0 N–H and O–H groups in total. The molecule has 4 heterocycles. The molecule has 344 valence electrons. The topological polar surface area (TPSA) is 88.0 Å². The third kappa shape index (κ3) is 15.0. The molecule has 0 atom stereocenters. The summed E-state index contributed by atoms with van der Waals surface area (Å²) in [6.45, 7) is 0. The molecule has 10 nitrogen and oxygen atoms in total. The van der Waals surface area contributed by atoms with Crippen molar-refractivity contribution in [2.75, 3.05) is 0 Å². The van der Waals surface area contributed by atoms with Gasteiger partial charge in [0.25, 0.3) is 0 Å². The Balaban J connectivity index is 0.000000194. The molecule has 2 radical (unpaired) electrons. The van der Waals surface area contributed by atoms with Crippen molar-refractivity contribution >= 4 is 0 Å². The van der Waals surface area contributed by atoms with Crippen molar-refractivity contribution in [1.82, 2.24) is 44.1 Å². The summed E-state index contributed by atoms with van der Waals surface area (Å²) in [4.78, 5) is 0. The Morgan fingerprint density at radius 3 is 1.58 bits per heavy atom. The van der Waals surface area contributed by atoms with E-state index in [9.17, 15) is 0 Å². The van der Waals surface area contributed by atoms with Crippen LogP contribution in [0.15, 0.2) is 232 Å². The molecular formula is C53H41Ir2N10Pt2-3. The number of aryl methyl sites for hydroxylation is 1. The average molecular weight is 1590 g/mol. The molecule has 0 aliphatic rings. The third-order valence-electron chi connectivity index (χ3n) is 9.41. The minimum absolute atomic E-state index is 0. The van der Waals surface area contributed by atoms with Gasteiger partial charge in [-0.15, -0.1) is 89.0 Å². The number of rotatable bonds is 7. The average Bonchev–Trinajstić information content (AvgIpc) is 4.23. The maximum atomic E-state index is 4.60. The predicted octanol–water partition coefficient (Wildman–Crippen LogP) is 9.90. The van der Waals surface area contributed by atoms with E-state index in [0.29, 0.717) is 0 Å². The molecule has 7 aromatic carbocycles. The van der Waals surface area contributed by atoms with Crippen LogP contribution >= 0.6 is 0 Å². The second-order valence-electron chi connectivity index (χ2n) is 13.7. The number of nitrogens with zero attached hydrogens (tertiary/aromatic N) is 10. The molecule has 0 aliphatic carbocycles. The van der Waals surface area contributed by atoms with Crippen molar-refractivity contribution in [1.29, 1.82) is 0 Å². The standard InChI is InChI=1S/C15H13N3.C15H11N2.C14H10N3.C9H7N2.2Ir.2Pt/c1-17-12-18(14-10-6-3-7-11-14)16-15(17)13-8-4-2-5-9-13;1-2-6-13(7-3-1)14-8-4-9-15(12-14)17-11-5-10-16-17;1-3-7-12(8-4-1)14-16-15-11-17(14)13-9-5-2-6-10-13;1-2-5-9(6-3-1)11-8-4-7-10-11;;;;/h2-8,10-12H,1H3;1-8,10-12H;1-7,9-11H;1-5,7-8H;;;;/q;3*-1;;;;. The quantitative estimate of drug-likeness (QED) is 0.117. The van der Waals surface area contributed by atoms with Gasteiger partial charge in [-0.1, -0.05) is 77.0 Å². The van der Waals surface area contributed by atoms with E-state index in [1.54, 1.807) is 23.4 Å². The van der Waals surface area contributed by atoms with Crippen LogP contribution in [0.5, 0.6) is 0 Å². The second kappa shape index (κ2) is 28.2. The van der Waals surface area contributed by atoms with Crippen molar-refractivity contribution in [3.63, 3.8) is 0 Å². The molecule has 0 bridgehead atoms. The normalized spacial score (nSPS) is 9.69. The van der Waals surface area contributed by atoms with Crippen LogP contribution < -0.4 is 4.57 Å². The Kier molecular flexibility index (Phi) is 22.5. The smallest absolute Gasteiger partial charge is 0.227 e. The second-order valence-corrected chi connectivity index (χ2v) is 13.7. The van der Waals surface area contributed by atoms with Gasteiger partial charge in [0.2, 0.25) is 12.2 Å². The zero-order valence-corrected chi connectivity index (χ0v) is 45.0. The van der Waals surface area contributed by atoms with Gasteiger partial charge in [0.15, 0.2) is 0 Å². The molecule has 11 aromatic rings. The first-order valence-electron chi connectivity index (χ1n) is 20.1. The van der Waals surface area contributed by atoms with Crippen LogP contribution in [0.1, 0.15) is 0 Å². The zero-order chi connectivity index (χ0) is 42.9. The number of aromatic nitrogens is 10. The van der Waals surface area contributed by atoms with Gasteiger partial charge in [-0.05, 0) is 53.3 Å². The van der Waals surface area contributed by atoms with Gasteiger partial charge < -0.3 is 4.57 Å². The SMILES string of the molecule is C[n+]1cn(-c2ccccc2)nc1-c1[c-]cccc1.[Ir].[Ir].[Pt].[Pt].[c-]1ccc(-c2ccccc2)cc1-n1cccn1.[c-]1ccccc1-c1nncn1-c1ccccc1.[c-]1ccccc1-n1cccn1. The van der Waals surface area contributed by atoms with Gasteiger partial charge in [-0.3, -0.25) is 13.9 Å². The molecule has 0 spiro atoms. The molecule has 0 aliphatic heterocycles. The maximum Gasteiger partial charge on any atom is 0.227 e. The van der Waals surface area contributed by atoms with Crippen LogP contribution in [0.4, 0.5) is 0 Å². The summed E-state index contributed by atoms with van der Waals surface area (Å²) in [6.07, 6.45) is 11.0. The first kappa shape index (κ1) is 53.5. The van der Waals surface area contributed by atoms with Crippen molar-refractivity contribution in [2.45, 2.75) is 0 Å². The number of hydrogen-bond acceptors (Lipinski definition) is 5. The Morgan fingerprint density at radius 1 is 0.478 bits per heavy atom. The van der Waals surface area contributed by atoms with Gasteiger partial charge in [0, 0.05) is 118 Å². The fraction of sp³-hybridized carbons (Fsp3) is 0.0189. The first-order chi connectivity index (χ1) is 31.2. The Hall–Kier alpha value is -6.08. The fourth-order valence-electron chi connectivity index (χ4n) is 6.37. The van der Waals surface area contributed by atoms with Crippen LogP contribution in [0.3, 0.4) is 0 Å². The van der Waals surface area contributed by atoms with Crippen molar-refractivity contribution in [3.05, 3.63) is 256 Å². The van der Waals surface area contributed by atoms with E-state index in [-0.39, 0.29) is 82.3 Å². The molecule has 0 unspecified atom stereocenters. The van der Waals surface area contributed by atoms with Crippen LogP contribution in [0.25, 0.3) is 56.7 Å². The van der Waals surface area contributed by atoms with E-state index in [1.807, 2.05) is 214 Å². The van der Waals surface area contributed by atoms with Gasteiger partial charge in [-0.2, -0.15) is 57.8 Å². The van der Waals surface area contributed by atoms with E-state index in [1.165, 1.54) is 11.1 Å². The largest absolute Gasteiger partial charge is 0.323 e. The predicted molar refractivity (Wildman–Crippen MR) is 245 cm³/mol. The number of hydrogen-bond donors (Lipinski definition) is 0. The number of benzene rings is 7. The Morgan fingerprint density at radius 2 is 1.01 bits per heavy atom. The van der Waals surface area contributed by atoms with E-state index >= 15 is 0 Å². The van der Waals surface area contributed by atoms with E-state index in [2.05, 4.69) is 74.0 Å². The van der Waals surface area contributed by atoms with Crippen LogP contribution in [0.2, 0.25) is 0 Å². The molecule has 0 amide bonds. The molecule has 67 heavy (non-hydrogen) atoms. The monoisotopic (exact) mass is 1590 g/mol. The van der Waals surface area contributed by atoms with Gasteiger partial charge >= 0.3 is 0 Å². The molecule has 0 saturated heterocycles. The minimum Gasteiger partial charge on any atom is -0.323 e. The van der Waals surface area contributed by atoms with Gasteiger partial charge in [0.05, 0.1) is 12.9 Å². The first-order valence-corrected chi connectivity index (χ1v) is 20.1. The summed E-state index contributed by atoms with van der Waals surface area (Å²) >= 11 is 0. The van der Waals surface area contributed by atoms with Crippen LogP contribution in [-0.2, 0) is 89.4 Å². The molecule has 14 heteroatoms. The summed E-state index contributed by atoms with van der Waals surface area (Å²) in [5.41, 5.74) is 8.34. The van der Waals surface area contributed by atoms with E-state index in [4.69, 9.17) is 0 Å². The van der Waals surface area contributed by atoms with Crippen LogP contribution in [-0.4, -0.2) is 44.1 Å². The number of para-hydroxylation sites is 3. The van der Waals surface area contributed by atoms with Gasteiger partial charge in [-0.25, -0.2) is 0 Å². The summed E-state index contributed by atoms with van der Waals surface area (Å²) in [7, 11) is 1.99. The summed E-state index contributed by atoms with van der Waals surface area (Å²) in [5.74, 6) is 1.70. The Labute approximate surface area is 446 Å². The molecule has 11 rings (SSSR count). The zero-order valence-electron chi connectivity index (χ0n) is 35.7. The maximum absolute atomic E-state index is 4.60. The summed E-state index contributed by atoms with van der Waals surface area (Å²) in [5, 5.41) is 21.0. The Bertz CT molecular complexity index is 2940. The molecule has 4 aromatic heterocycles. The molecular weight excluding hydrogens is 1550 g/mol. The summed E-state index contributed by atoms with van der Waals surface area (Å²) < 4.78 is 9.41. The van der Waals surface area contributed by atoms with Crippen molar-refractivity contribution in [2.24, 2.45) is 7.05 Å². The third-order valence-corrected chi connectivity index (χ3v) is 9.41. The summed E-state index contributed by atoms with van der Waals surface area (Å²) in [6, 6.07) is 76.2.